The van der Waals surface area contributed by atoms with E-state index in [1.807, 2.05) is 43.5 Å². The van der Waals surface area contributed by atoms with Gasteiger partial charge in [0.25, 0.3) is 0 Å². The fraction of sp³-hybridized carbons (Fsp3) is 0.269. The van der Waals surface area contributed by atoms with Crippen molar-refractivity contribution in [3.05, 3.63) is 70.2 Å². The van der Waals surface area contributed by atoms with E-state index in [1.54, 1.807) is 35.6 Å². The summed E-state index contributed by atoms with van der Waals surface area (Å²) in [5.41, 5.74) is 2.29. The fourth-order valence-corrected chi connectivity index (χ4v) is 4.05. The maximum Gasteiger partial charge on any atom is 0.247 e. The highest BCUT2D eigenvalue weighted by Crippen LogP contribution is 2.32. The minimum atomic E-state index is -0.294. The van der Waals surface area contributed by atoms with E-state index in [0.717, 1.165) is 16.3 Å². The maximum atomic E-state index is 12.7. The SMILES string of the molecule is CCN(CC(=O)Nc1ccc2c(c1)OCCO2)C(=O)/C=C/c1cccc(OCc2csc(C)n2)c1. The summed E-state index contributed by atoms with van der Waals surface area (Å²) < 4.78 is 16.9. The molecule has 0 atom stereocenters. The lowest BCUT2D eigenvalue weighted by molar-refractivity contribution is -0.130. The number of anilines is 1. The summed E-state index contributed by atoms with van der Waals surface area (Å²) in [7, 11) is 0. The molecule has 0 radical (unpaired) electrons. The van der Waals surface area contributed by atoms with Gasteiger partial charge in [-0.1, -0.05) is 12.1 Å². The lowest BCUT2D eigenvalue weighted by Crippen LogP contribution is -2.36. The smallest absolute Gasteiger partial charge is 0.247 e. The second-order valence-electron chi connectivity index (χ2n) is 7.81. The van der Waals surface area contributed by atoms with Crippen LogP contribution in [0.3, 0.4) is 0 Å². The van der Waals surface area contributed by atoms with Crippen LogP contribution in [0.1, 0.15) is 23.2 Å². The lowest BCUT2D eigenvalue weighted by atomic mass is 10.2. The number of likely N-dealkylation sites (N-methyl/N-ethyl adjacent to an activating group) is 1. The van der Waals surface area contributed by atoms with Crippen LogP contribution in [0.15, 0.2) is 53.9 Å². The van der Waals surface area contributed by atoms with Gasteiger partial charge in [-0.2, -0.15) is 0 Å². The first-order chi connectivity index (χ1) is 17.0. The molecule has 0 unspecified atom stereocenters. The van der Waals surface area contributed by atoms with Gasteiger partial charge in [-0.05, 0) is 49.8 Å². The standard InChI is InChI=1S/C26H27N3O5S/c1-3-29(15-25(30)28-20-8-9-23-24(14-20)33-12-11-32-23)26(31)10-7-19-5-4-6-22(13-19)34-16-21-17-35-18(2)27-21/h4-10,13-14,17H,3,11-12,15-16H2,1-2H3,(H,28,30)/b10-7+. The molecule has 3 aromatic rings. The second kappa shape index (κ2) is 11.5. The highest BCUT2D eigenvalue weighted by molar-refractivity contribution is 7.09. The molecule has 2 heterocycles. The van der Waals surface area contributed by atoms with Gasteiger partial charge in [0.2, 0.25) is 11.8 Å². The Morgan fingerprint density at radius 3 is 2.77 bits per heavy atom. The number of aromatic nitrogens is 1. The van der Waals surface area contributed by atoms with Gasteiger partial charge in [-0.3, -0.25) is 9.59 Å². The number of fused-ring (bicyclic) bond motifs is 1. The first-order valence-electron chi connectivity index (χ1n) is 11.3. The van der Waals surface area contributed by atoms with Gasteiger partial charge in [-0.25, -0.2) is 4.98 Å². The Morgan fingerprint density at radius 1 is 1.17 bits per heavy atom. The summed E-state index contributed by atoms with van der Waals surface area (Å²) in [5, 5.41) is 5.78. The summed E-state index contributed by atoms with van der Waals surface area (Å²) in [4.78, 5) is 31.1. The van der Waals surface area contributed by atoms with Gasteiger partial charge >= 0.3 is 0 Å². The number of nitrogens with one attached hydrogen (secondary N) is 1. The van der Waals surface area contributed by atoms with Crippen LogP contribution in [0, 0.1) is 6.92 Å². The zero-order chi connectivity index (χ0) is 24.6. The van der Waals surface area contributed by atoms with Crippen LogP contribution >= 0.6 is 11.3 Å². The van der Waals surface area contributed by atoms with Crippen molar-refractivity contribution in [2.45, 2.75) is 20.5 Å². The molecule has 1 aliphatic rings. The van der Waals surface area contributed by atoms with E-state index in [0.29, 0.717) is 49.3 Å². The zero-order valence-corrected chi connectivity index (χ0v) is 20.5. The van der Waals surface area contributed by atoms with Crippen molar-refractivity contribution in [2.24, 2.45) is 0 Å². The Morgan fingerprint density at radius 2 is 2.00 bits per heavy atom. The van der Waals surface area contributed by atoms with Gasteiger partial charge < -0.3 is 24.4 Å². The Bertz CT molecular complexity index is 1220. The molecular weight excluding hydrogens is 466 g/mol. The molecule has 35 heavy (non-hydrogen) atoms. The molecule has 0 aliphatic carbocycles. The van der Waals surface area contributed by atoms with E-state index in [-0.39, 0.29) is 18.4 Å². The van der Waals surface area contributed by atoms with E-state index in [2.05, 4.69) is 10.3 Å². The van der Waals surface area contributed by atoms with Crippen molar-refractivity contribution in [3.8, 4) is 17.2 Å². The van der Waals surface area contributed by atoms with Crippen molar-refractivity contribution >= 4 is 34.9 Å². The molecule has 2 amide bonds. The second-order valence-corrected chi connectivity index (χ2v) is 8.87. The van der Waals surface area contributed by atoms with Crippen LogP contribution in [0.25, 0.3) is 6.08 Å². The molecule has 1 N–H and O–H groups in total. The van der Waals surface area contributed by atoms with Gasteiger partial charge in [0.05, 0.1) is 10.7 Å². The fourth-order valence-electron chi connectivity index (χ4n) is 3.45. The lowest BCUT2D eigenvalue weighted by Gasteiger charge is -2.20. The third kappa shape index (κ3) is 6.83. The van der Waals surface area contributed by atoms with E-state index < -0.39 is 0 Å². The molecule has 0 saturated carbocycles. The molecule has 0 bridgehead atoms. The molecule has 0 spiro atoms. The molecule has 0 saturated heterocycles. The van der Waals surface area contributed by atoms with Crippen molar-refractivity contribution in [3.63, 3.8) is 0 Å². The average molecular weight is 494 g/mol. The molecule has 2 aromatic carbocycles. The largest absolute Gasteiger partial charge is 0.487 e. The molecule has 1 aliphatic heterocycles. The Balaban J connectivity index is 1.31. The highest BCUT2D eigenvalue weighted by Gasteiger charge is 2.16. The first-order valence-corrected chi connectivity index (χ1v) is 12.2. The minimum absolute atomic E-state index is 0.0652. The van der Waals surface area contributed by atoms with E-state index in [4.69, 9.17) is 14.2 Å². The number of hydrogen-bond acceptors (Lipinski definition) is 7. The number of carbonyl (C=O) groups is 2. The topological polar surface area (TPSA) is 90.0 Å². The summed E-state index contributed by atoms with van der Waals surface area (Å²) >= 11 is 1.59. The van der Waals surface area contributed by atoms with Crippen molar-refractivity contribution < 1.29 is 23.8 Å². The quantitative estimate of drug-likeness (QED) is 0.447. The highest BCUT2D eigenvalue weighted by atomic mass is 32.1. The van der Waals surface area contributed by atoms with Gasteiger partial charge in [0.1, 0.15) is 32.1 Å². The summed E-state index contributed by atoms with van der Waals surface area (Å²) in [6, 6.07) is 12.7. The number of hydrogen-bond donors (Lipinski definition) is 1. The van der Waals surface area contributed by atoms with Crippen LogP contribution in [-0.2, 0) is 16.2 Å². The Kier molecular flexibility index (Phi) is 7.99. The maximum absolute atomic E-state index is 12.7. The zero-order valence-electron chi connectivity index (χ0n) is 19.7. The van der Waals surface area contributed by atoms with Crippen LogP contribution < -0.4 is 19.5 Å². The average Bonchev–Trinajstić information content (AvgIpc) is 3.29. The molecule has 182 valence electrons. The Labute approximate surface area is 208 Å². The summed E-state index contributed by atoms with van der Waals surface area (Å²) in [6.45, 7) is 5.48. The number of thiazole rings is 1. The predicted octanol–water partition coefficient (Wildman–Crippen LogP) is 4.30. The summed E-state index contributed by atoms with van der Waals surface area (Å²) in [5.74, 6) is 1.38. The normalized spacial score (nSPS) is 12.4. The number of carbonyl (C=O) groups excluding carboxylic acids is 2. The molecule has 1 aromatic heterocycles. The monoisotopic (exact) mass is 493 g/mol. The van der Waals surface area contributed by atoms with E-state index in [1.165, 1.54) is 11.0 Å². The minimum Gasteiger partial charge on any atom is -0.487 e. The third-order valence-corrected chi connectivity index (χ3v) is 6.01. The van der Waals surface area contributed by atoms with Crippen molar-refractivity contribution in [1.29, 1.82) is 0 Å². The van der Waals surface area contributed by atoms with E-state index in [9.17, 15) is 9.59 Å². The van der Waals surface area contributed by atoms with E-state index >= 15 is 0 Å². The molecule has 8 nitrogen and oxygen atoms in total. The number of amides is 2. The number of aryl methyl sites for hydroxylation is 1. The van der Waals surface area contributed by atoms with Gasteiger partial charge in [0, 0.05) is 29.8 Å². The summed E-state index contributed by atoms with van der Waals surface area (Å²) in [6.07, 6.45) is 3.17. The van der Waals surface area contributed by atoms with Gasteiger partial charge in [-0.15, -0.1) is 11.3 Å². The van der Waals surface area contributed by atoms with Gasteiger partial charge in [0.15, 0.2) is 11.5 Å². The van der Waals surface area contributed by atoms with Crippen LogP contribution in [0.2, 0.25) is 0 Å². The van der Waals surface area contributed by atoms with Crippen molar-refractivity contribution in [2.75, 3.05) is 31.6 Å². The number of benzene rings is 2. The molecular formula is C26H27N3O5S. The number of nitrogens with zero attached hydrogens (tertiary/aromatic N) is 2. The number of rotatable bonds is 9. The first kappa shape index (κ1) is 24.3. The van der Waals surface area contributed by atoms with Crippen molar-refractivity contribution in [1.82, 2.24) is 9.88 Å². The molecule has 4 rings (SSSR count). The molecule has 0 fully saturated rings. The van der Waals surface area contributed by atoms with Crippen LogP contribution in [0.4, 0.5) is 5.69 Å². The van der Waals surface area contributed by atoms with Crippen LogP contribution in [0.5, 0.6) is 17.2 Å². The third-order valence-electron chi connectivity index (χ3n) is 5.18. The Hall–Kier alpha value is -3.85. The number of ether oxygens (including phenoxy) is 3. The predicted molar refractivity (Wildman–Crippen MR) is 135 cm³/mol. The molecule has 9 heteroatoms. The van der Waals surface area contributed by atoms with Crippen LogP contribution in [-0.4, -0.2) is 48.0 Å².